The average Bonchev–Trinajstić information content (AvgIpc) is 3.02. The van der Waals surface area contributed by atoms with Crippen molar-refractivity contribution in [2.75, 3.05) is 13.2 Å². The van der Waals surface area contributed by atoms with Crippen molar-refractivity contribution in [3.8, 4) is 16.9 Å². The maximum atomic E-state index is 12.1. The minimum absolute atomic E-state index is 0.109. The fraction of sp³-hybridized carbons (Fsp3) is 0.200. The van der Waals surface area contributed by atoms with E-state index in [0.717, 1.165) is 22.5 Å². The minimum Gasteiger partial charge on any atom is -0.476 e. The summed E-state index contributed by atoms with van der Waals surface area (Å²) in [6.07, 6.45) is 4.65. The summed E-state index contributed by atoms with van der Waals surface area (Å²) < 4.78 is 7.92. The smallest absolute Gasteiger partial charge is 0.356 e. The Labute approximate surface area is 140 Å². The molecular formula is C15H12N6O4. The zero-order chi connectivity index (χ0) is 17.4. The van der Waals surface area contributed by atoms with Gasteiger partial charge in [-0.15, -0.1) is 5.10 Å². The molecule has 0 aromatic carbocycles. The second kappa shape index (κ2) is 5.91. The van der Waals surface area contributed by atoms with Crippen LogP contribution in [0.15, 0.2) is 41.6 Å². The van der Waals surface area contributed by atoms with Gasteiger partial charge in [-0.05, 0) is 12.1 Å². The summed E-state index contributed by atoms with van der Waals surface area (Å²) in [7, 11) is 0. The number of hydrogen-bond acceptors (Lipinski definition) is 7. The Morgan fingerprint density at radius 2 is 2.08 bits per heavy atom. The molecule has 0 spiro atoms. The fourth-order valence-corrected chi connectivity index (χ4v) is 2.48. The van der Waals surface area contributed by atoms with Crippen LogP contribution in [-0.2, 0) is 4.74 Å². The highest BCUT2D eigenvalue weighted by atomic mass is 16.5. The van der Waals surface area contributed by atoms with E-state index in [4.69, 9.17) is 9.84 Å². The van der Waals surface area contributed by atoms with E-state index < -0.39 is 11.5 Å². The summed E-state index contributed by atoms with van der Waals surface area (Å²) in [5.41, 5.74) is 1.07. The molecule has 25 heavy (non-hydrogen) atoms. The van der Waals surface area contributed by atoms with E-state index in [1.165, 1.54) is 6.20 Å². The second-order valence-corrected chi connectivity index (χ2v) is 5.46. The molecule has 0 saturated carbocycles. The normalized spacial score (nSPS) is 14.2. The molecule has 1 N–H and O–H groups in total. The molecule has 1 aliphatic heterocycles. The van der Waals surface area contributed by atoms with Crippen molar-refractivity contribution >= 4 is 5.97 Å². The number of carbonyl (C=O) groups is 1. The van der Waals surface area contributed by atoms with Gasteiger partial charge in [0.15, 0.2) is 5.69 Å². The zero-order valence-corrected chi connectivity index (χ0v) is 12.8. The van der Waals surface area contributed by atoms with Crippen LogP contribution in [0.3, 0.4) is 0 Å². The molecular weight excluding hydrogens is 328 g/mol. The quantitative estimate of drug-likeness (QED) is 0.712. The van der Waals surface area contributed by atoms with Crippen LogP contribution in [0, 0.1) is 0 Å². The topological polar surface area (TPSA) is 125 Å². The van der Waals surface area contributed by atoms with Gasteiger partial charge in [-0.25, -0.2) is 9.48 Å². The van der Waals surface area contributed by atoms with Crippen LogP contribution in [0.5, 0.6) is 0 Å². The van der Waals surface area contributed by atoms with Gasteiger partial charge >= 0.3 is 5.97 Å². The number of aromatic nitrogens is 6. The van der Waals surface area contributed by atoms with Crippen LogP contribution in [0.1, 0.15) is 16.5 Å². The summed E-state index contributed by atoms with van der Waals surface area (Å²) >= 11 is 0. The van der Waals surface area contributed by atoms with Gasteiger partial charge in [0.2, 0.25) is 0 Å². The van der Waals surface area contributed by atoms with E-state index in [2.05, 4.69) is 20.4 Å². The van der Waals surface area contributed by atoms with Gasteiger partial charge in [-0.1, -0.05) is 5.21 Å². The Bertz CT molecular complexity index is 1010. The molecule has 126 valence electrons. The Kier molecular flexibility index (Phi) is 3.58. The molecule has 3 aromatic rings. The predicted molar refractivity (Wildman–Crippen MR) is 83.5 cm³/mol. The van der Waals surface area contributed by atoms with Gasteiger partial charge in [-0.2, -0.15) is 9.78 Å². The minimum atomic E-state index is -1.22. The number of carboxylic acids is 1. The third-order valence-electron chi connectivity index (χ3n) is 3.82. The first-order valence-electron chi connectivity index (χ1n) is 7.41. The first-order valence-corrected chi connectivity index (χ1v) is 7.41. The molecule has 0 atom stereocenters. The lowest BCUT2D eigenvalue weighted by Gasteiger charge is -2.27. The third kappa shape index (κ3) is 2.68. The molecule has 1 aliphatic rings. The number of ether oxygens (including phenoxy) is 1. The highest BCUT2D eigenvalue weighted by molar-refractivity contribution is 5.84. The predicted octanol–water partition coefficient (Wildman–Crippen LogP) is 0.155. The first kappa shape index (κ1) is 15.1. The lowest BCUT2D eigenvalue weighted by atomic mass is 10.2. The standard InChI is InChI=1S/C15H12N6O4/c22-14-2-1-12(15(23)24)18-21(14)10-3-9(4-16-5-10)13-6-17-19-20(13)11-7-25-8-11/h1-6,11H,7-8H2,(H,23,24). The molecule has 1 saturated heterocycles. The van der Waals surface area contributed by atoms with Gasteiger partial charge in [-0.3, -0.25) is 9.78 Å². The summed E-state index contributed by atoms with van der Waals surface area (Å²) in [6.45, 7) is 1.12. The maximum absolute atomic E-state index is 12.1. The fourth-order valence-electron chi connectivity index (χ4n) is 2.48. The maximum Gasteiger partial charge on any atom is 0.356 e. The summed E-state index contributed by atoms with van der Waals surface area (Å²) in [5, 5.41) is 20.9. The lowest BCUT2D eigenvalue weighted by molar-refractivity contribution is -0.0286. The van der Waals surface area contributed by atoms with Crippen LogP contribution in [0.2, 0.25) is 0 Å². The van der Waals surface area contributed by atoms with Crippen molar-refractivity contribution in [2.24, 2.45) is 0 Å². The number of aromatic carboxylic acids is 1. The third-order valence-corrected chi connectivity index (χ3v) is 3.82. The summed E-state index contributed by atoms with van der Waals surface area (Å²) in [6, 6.07) is 4.11. The zero-order valence-electron chi connectivity index (χ0n) is 12.8. The largest absolute Gasteiger partial charge is 0.476 e. The number of nitrogens with zero attached hydrogens (tertiary/aromatic N) is 6. The molecule has 4 rings (SSSR count). The van der Waals surface area contributed by atoms with Crippen molar-refractivity contribution in [2.45, 2.75) is 6.04 Å². The molecule has 0 radical (unpaired) electrons. The van der Waals surface area contributed by atoms with Crippen LogP contribution >= 0.6 is 0 Å². The van der Waals surface area contributed by atoms with Gasteiger partial charge in [0.05, 0.1) is 37.0 Å². The SMILES string of the molecule is O=C(O)c1ccc(=O)n(-c2cncc(-c3cnnn3C3COC3)c2)n1. The van der Waals surface area contributed by atoms with Crippen LogP contribution in [0.4, 0.5) is 0 Å². The van der Waals surface area contributed by atoms with Crippen LogP contribution in [-0.4, -0.2) is 54.0 Å². The number of carboxylic acid groups (broad SMARTS) is 1. The van der Waals surface area contributed by atoms with Crippen LogP contribution in [0.25, 0.3) is 16.9 Å². The number of hydrogen-bond donors (Lipinski definition) is 1. The average molecular weight is 340 g/mol. The Morgan fingerprint density at radius 3 is 2.80 bits per heavy atom. The number of rotatable bonds is 4. The lowest BCUT2D eigenvalue weighted by Crippen LogP contribution is -2.31. The molecule has 10 nitrogen and oxygen atoms in total. The van der Waals surface area contributed by atoms with E-state index in [1.807, 2.05) is 0 Å². The van der Waals surface area contributed by atoms with Gasteiger partial charge in [0.25, 0.3) is 5.56 Å². The van der Waals surface area contributed by atoms with E-state index >= 15 is 0 Å². The van der Waals surface area contributed by atoms with Gasteiger partial charge < -0.3 is 9.84 Å². The highest BCUT2D eigenvalue weighted by Gasteiger charge is 2.24. The molecule has 10 heteroatoms. The highest BCUT2D eigenvalue weighted by Crippen LogP contribution is 2.25. The molecule has 0 unspecified atom stereocenters. The van der Waals surface area contributed by atoms with Crippen molar-refractivity contribution in [3.05, 3.63) is 52.8 Å². The summed E-state index contributed by atoms with van der Waals surface area (Å²) in [4.78, 5) is 27.3. The molecule has 0 amide bonds. The van der Waals surface area contributed by atoms with Gasteiger partial charge in [0.1, 0.15) is 6.04 Å². The summed E-state index contributed by atoms with van der Waals surface area (Å²) in [5.74, 6) is -1.22. The monoisotopic (exact) mass is 340 g/mol. The first-order chi connectivity index (χ1) is 12.1. The van der Waals surface area contributed by atoms with Crippen molar-refractivity contribution in [1.29, 1.82) is 0 Å². The molecule has 3 aromatic heterocycles. The van der Waals surface area contributed by atoms with Crippen molar-refractivity contribution in [3.63, 3.8) is 0 Å². The molecule has 0 bridgehead atoms. The van der Waals surface area contributed by atoms with Gasteiger partial charge in [0, 0.05) is 17.8 Å². The molecule has 1 fully saturated rings. The Morgan fingerprint density at radius 1 is 1.24 bits per heavy atom. The van der Waals surface area contributed by atoms with Crippen LogP contribution < -0.4 is 5.56 Å². The Balaban J connectivity index is 1.78. The molecule has 4 heterocycles. The van der Waals surface area contributed by atoms with E-state index in [9.17, 15) is 9.59 Å². The van der Waals surface area contributed by atoms with E-state index in [1.54, 1.807) is 23.1 Å². The van der Waals surface area contributed by atoms with E-state index in [0.29, 0.717) is 24.5 Å². The van der Waals surface area contributed by atoms with Crippen molar-refractivity contribution < 1.29 is 14.6 Å². The second-order valence-electron chi connectivity index (χ2n) is 5.46. The number of pyridine rings is 1. The van der Waals surface area contributed by atoms with Crippen molar-refractivity contribution in [1.82, 2.24) is 29.8 Å². The Hall–Kier alpha value is -3.40. The molecule has 0 aliphatic carbocycles. The van der Waals surface area contributed by atoms with E-state index in [-0.39, 0.29) is 11.7 Å².